The summed E-state index contributed by atoms with van der Waals surface area (Å²) < 4.78 is 6.18. The molecule has 0 N–H and O–H groups in total. The van der Waals surface area contributed by atoms with Gasteiger partial charge in [0.05, 0.1) is 11.7 Å². The molecular formula is C24H23N3O2. The Bertz CT molecular complexity index is 1020. The number of fused-ring (bicyclic) bond motifs is 2. The Morgan fingerprint density at radius 3 is 2.66 bits per heavy atom. The number of likely N-dealkylation sites (tertiary alicyclic amines) is 1. The zero-order valence-electron chi connectivity index (χ0n) is 16.4. The van der Waals surface area contributed by atoms with Gasteiger partial charge in [0.25, 0.3) is 5.91 Å². The Morgan fingerprint density at radius 2 is 1.90 bits per heavy atom. The monoisotopic (exact) mass is 385 g/mol. The molecule has 5 rings (SSSR count). The average Bonchev–Trinajstić information content (AvgIpc) is 3.36. The van der Waals surface area contributed by atoms with Gasteiger partial charge in [0.1, 0.15) is 6.10 Å². The molecule has 5 heteroatoms. The van der Waals surface area contributed by atoms with Gasteiger partial charge in [-0.2, -0.15) is 0 Å². The van der Waals surface area contributed by atoms with Crippen LogP contribution in [0.15, 0.2) is 67.0 Å². The number of hydrogen-bond donors (Lipinski definition) is 0. The van der Waals surface area contributed by atoms with Crippen molar-refractivity contribution in [2.45, 2.75) is 31.9 Å². The third-order valence-electron chi connectivity index (χ3n) is 5.94. The van der Waals surface area contributed by atoms with E-state index >= 15 is 0 Å². The molecule has 1 amide bonds. The van der Waals surface area contributed by atoms with E-state index in [1.165, 1.54) is 0 Å². The maximum atomic E-state index is 13.5. The van der Waals surface area contributed by atoms with Crippen molar-refractivity contribution in [2.24, 2.45) is 5.92 Å². The molecule has 3 heterocycles. The van der Waals surface area contributed by atoms with Crippen LogP contribution in [0.25, 0.3) is 11.3 Å². The highest BCUT2D eigenvalue weighted by Gasteiger charge is 2.48. The lowest BCUT2D eigenvalue weighted by Gasteiger charge is -2.33. The largest absolute Gasteiger partial charge is 0.472 e. The molecule has 0 radical (unpaired) electrons. The second-order valence-electron chi connectivity index (χ2n) is 7.95. The number of amides is 1. The van der Waals surface area contributed by atoms with Crippen LogP contribution in [0.1, 0.15) is 28.8 Å². The predicted octanol–water partition coefficient (Wildman–Crippen LogP) is 4.13. The molecule has 146 valence electrons. The fourth-order valence-electron chi connectivity index (χ4n) is 4.57. The van der Waals surface area contributed by atoms with Gasteiger partial charge in [0.15, 0.2) is 0 Å². The van der Waals surface area contributed by atoms with Crippen molar-refractivity contribution >= 4 is 5.91 Å². The lowest BCUT2D eigenvalue weighted by atomic mass is 10.0. The molecule has 3 atom stereocenters. The first-order valence-electron chi connectivity index (χ1n) is 10.1. The third-order valence-corrected chi connectivity index (χ3v) is 5.94. The molecule has 1 saturated carbocycles. The zero-order chi connectivity index (χ0) is 19.8. The van der Waals surface area contributed by atoms with Crippen molar-refractivity contribution in [3.8, 4) is 17.1 Å². The lowest BCUT2D eigenvalue weighted by Crippen LogP contribution is -2.47. The number of aromatic nitrogens is 2. The van der Waals surface area contributed by atoms with E-state index in [1.54, 1.807) is 6.20 Å². The van der Waals surface area contributed by atoms with E-state index in [9.17, 15) is 4.79 Å². The molecule has 2 bridgehead atoms. The van der Waals surface area contributed by atoms with Crippen LogP contribution < -0.4 is 4.74 Å². The van der Waals surface area contributed by atoms with Crippen molar-refractivity contribution in [1.82, 2.24) is 14.9 Å². The number of ether oxygens (including phenoxy) is 1. The highest BCUT2D eigenvalue weighted by atomic mass is 16.5. The molecular weight excluding hydrogens is 362 g/mol. The van der Waals surface area contributed by atoms with E-state index in [-0.39, 0.29) is 18.1 Å². The van der Waals surface area contributed by atoms with Crippen LogP contribution >= 0.6 is 0 Å². The normalized spacial score (nSPS) is 22.7. The van der Waals surface area contributed by atoms with Crippen molar-refractivity contribution < 1.29 is 9.53 Å². The Labute approximate surface area is 170 Å². The SMILES string of the molecule is Cc1ccc(OC2CC3CC2N(C(=O)c2ccccc2-c2ccccn2)C3)nc1. The summed E-state index contributed by atoms with van der Waals surface area (Å²) in [4.78, 5) is 24.3. The maximum Gasteiger partial charge on any atom is 0.254 e. The number of benzene rings is 1. The lowest BCUT2D eigenvalue weighted by molar-refractivity contribution is 0.0467. The first kappa shape index (κ1) is 17.9. The third kappa shape index (κ3) is 3.37. The van der Waals surface area contributed by atoms with E-state index in [1.807, 2.05) is 72.6 Å². The summed E-state index contributed by atoms with van der Waals surface area (Å²) in [5.74, 6) is 1.18. The second kappa shape index (κ2) is 7.32. The van der Waals surface area contributed by atoms with E-state index in [2.05, 4.69) is 9.97 Å². The molecule has 3 aromatic rings. The van der Waals surface area contributed by atoms with Gasteiger partial charge in [0.2, 0.25) is 5.88 Å². The van der Waals surface area contributed by atoms with Crippen molar-refractivity contribution in [1.29, 1.82) is 0 Å². The quantitative estimate of drug-likeness (QED) is 0.677. The van der Waals surface area contributed by atoms with Crippen molar-refractivity contribution in [2.75, 3.05) is 6.54 Å². The summed E-state index contributed by atoms with van der Waals surface area (Å²) in [6.45, 7) is 2.80. The molecule has 1 saturated heterocycles. The summed E-state index contributed by atoms with van der Waals surface area (Å²) in [6.07, 6.45) is 5.54. The summed E-state index contributed by atoms with van der Waals surface area (Å²) in [6, 6.07) is 17.5. The Morgan fingerprint density at radius 1 is 1.03 bits per heavy atom. The number of carbonyl (C=O) groups excluding carboxylic acids is 1. The number of piperidine rings is 1. The van der Waals surface area contributed by atoms with Gasteiger partial charge in [-0.15, -0.1) is 0 Å². The molecule has 2 aliphatic rings. The molecule has 1 aromatic carbocycles. The van der Waals surface area contributed by atoms with Crippen LogP contribution in [0.3, 0.4) is 0 Å². The second-order valence-corrected chi connectivity index (χ2v) is 7.95. The van der Waals surface area contributed by atoms with Gasteiger partial charge >= 0.3 is 0 Å². The molecule has 1 aliphatic heterocycles. The minimum absolute atomic E-state index is 0.00470. The molecule has 29 heavy (non-hydrogen) atoms. The Hall–Kier alpha value is -3.21. The van der Waals surface area contributed by atoms with Crippen LogP contribution in [0.5, 0.6) is 5.88 Å². The number of aryl methyl sites for hydroxylation is 1. The molecule has 5 nitrogen and oxygen atoms in total. The van der Waals surface area contributed by atoms with Crippen LogP contribution in [-0.2, 0) is 0 Å². The van der Waals surface area contributed by atoms with Crippen LogP contribution in [0.2, 0.25) is 0 Å². The fraction of sp³-hybridized carbons (Fsp3) is 0.292. The number of pyridine rings is 2. The van der Waals surface area contributed by atoms with Gasteiger partial charge in [0, 0.05) is 36.1 Å². The van der Waals surface area contributed by atoms with Gasteiger partial charge in [-0.1, -0.05) is 30.3 Å². The molecule has 2 fully saturated rings. The summed E-state index contributed by atoms with van der Waals surface area (Å²) in [5.41, 5.74) is 3.50. The predicted molar refractivity (Wildman–Crippen MR) is 111 cm³/mol. The maximum absolute atomic E-state index is 13.5. The molecule has 2 aromatic heterocycles. The minimum Gasteiger partial charge on any atom is -0.472 e. The van der Waals surface area contributed by atoms with E-state index < -0.39 is 0 Å². The average molecular weight is 385 g/mol. The standard InChI is InChI=1S/C24H23N3O2/c1-16-9-10-23(26-14-16)29-22-13-17-12-21(22)27(15-17)24(28)19-7-3-2-6-18(19)20-8-4-5-11-25-20/h2-11,14,17,21-22H,12-13,15H2,1H3. The van der Waals surface area contributed by atoms with Gasteiger partial charge in [-0.3, -0.25) is 9.78 Å². The molecule has 1 aliphatic carbocycles. The smallest absolute Gasteiger partial charge is 0.254 e. The number of rotatable bonds is 4. The van der Waals surface area contributed by atoms with Gasteiger partial charge in [-0.25, -0.2) is 4.98 Å². The van der Waals surface area contributed by atoms with E-state index in [0.29, 0.717) is 17.4 Å². The Balaban J connectivity index is 1.39. The summed E-state index contributed by atoms with van der Waals surface area (Å²) in [5, 5.41) is 0. The molecule has 3 unspecified atom stereocenters. The highest BCUT2D eigenvalue weighted by Crippen LogP contribution is 2.41. The topological polar surface area (TPSA) is 55.3 Å². The van der Waals surface area contributed by atoms with Crippen LogP contribution in [0.4, 0.5) is 0 Å². The van der Waals surface area contributed by atoms with Crippen LogP contribution in [-0.4, -0.2) is 39.5 Å². The Kier molecular flexibility index (Phi) is 4.51. The van der Waals surface area contributed by atoms with Gasteiger partial charge < -0.3 is 9.64 Å². The summed E-state index contributed by atoms with van der Waals surface area (Å²) in [7, 11) is 0. The van der Waals surface area contributed by atoms with E-state index in [0.717, 1.165) is 36.2 Å². The first-order valence-corrected chi connectivity index (χ1v) is 10.1. The van der Waals surface area contributed by atoms with E-state index in [4.69, 9.17) is 4.74 Å². The summed E-state index contributed by atoms with van der Waals surface area (Å²) >= 11 is 0. The minimum atomic E-state index is -0.00470. The molecule has 0 spiro atoms. The van der Waals surface area contributed by atoms with Crippen molar-refractivity contribution in [3.63, 3.8) is 0 Å². The fourth-order valence-corrected chi connectivity index (χ4v) is 4.57. The number of nitrogens with zero attached hydrogens (tertiary/aromatic N) is 3. The van der Waals surface area contributed by atoms with Gasteiger partial charge in [-0.05, 0) is 49.4 Å². The highest BCUT2D eigenvalue weighted by molar-refractivity contribution is 6.00. The zero-order valence-corrected chi connectivity index (χ0v) is 16.4. The van der Waals surface area contributed by atoms with Crippen molar-refractivity contribution in [3.05, 3.63) is 78.1 Å². The number of hydrogen-bond acceptors (Lipinski definition) is 4. The number of carbonyl (C=O) groups is 1. The van der Waals surface area contributed by atoms with Crippen LogP contribution in [0, 0.1) is 12.8 Å². The first-order chi connectivity index (χ1) is 14.2.